The maximum Gasteiger partial charge on any atom is 0.291 e. The molecule has 2 N–H and O–H groups in total. The van der Waals surface area contributed by atoms with Crippen molar-refractivity contribution in [3.8, 4) is 0 Å². The molecule has 5 nitrogen and oxygen atoms in total. The van der Waals surface area contributed by atoms with Crippen molar-refractivity contribution in [3.63, 3.8) is 0 Å². The molecule has 1 unspecified atom stereocenters. The predicted octanol–water partition coefficient (Wildman–Crippen LogP) is 6.62. The van der Waals surface area contributed by atoms with Gasteiger partial charge in [-0.25, -0.2) is 0 Å². The highest BCUT2D eigenvalue weighted by Gasteiger charge is 2.23. The Bertz CT molecular complexity index is 1220. The van der Waals surface area contributed by atoms with Crippen LogP contribution in [0.4, 0.5) is 11.4 Å². The van der Waals surface area contributed by atoms with Gasteiger partial charge in [-0.05, 0) is 66.9 Å². The molecule has 0 fully saturated rings. The van der Waals surface area contributed by atoms with Crippen LogP contribution in [0.15, 0.2) is 101 Å². The number of para-hydroxylation sites is 1. The van der Waals surface area contributed by atoms with Crippen LogP contribution in [0.2, 0.25) is 0 Å². The first-order valence-electron chi connectivity index (χ1n) is 10.5. The van der Waals surface area contributed by atoms with Gasteiger partial charge in [-0.3, -0.25) is 9.59 Å². The minimum atomic E-state index is -0.436. The van der Waals surface area contributed by atoms with Crippen molar-refractivity contribution in [1.82, 2.24) is 0 Å². The molecular weight excluding hydrogens is 432 g/mol. The number of aryl methyl sites for hydroxylation is 2. The molecule has 4 rings (SSSR count). The zero-order valence-electron chi connectivity index (χ0n) is 18.4. The molecule has 0 aliphatic carbocycles. The molecule has 33 heavy (non-hydrogen) atoms. The number of hydrogen-bond acceptors (Lipinski definition) is 4. The molecule has 4 aromatic rings. The van der Waals surface area contributed by atoms with Crippen molar-refractivity contribution >= 4 is 35.0 Å². The summed E-state index contributed by atoms with van der Waals surface area (Å²) in [6.07, 6.45) is 1.46. The van der Waals surface area contributed by atoms with Gasteiger partial charge in [0.05, 0.1) is 6.26 Å². The number of carbonyl (C=O) groups is 2. The number of benzene rings is 3. The Hall–Kier alpha value is -3.77. The molecule has 1 heterocycles. The van der Waals surface area contributed by atoms with Crippen LogP contribution in [0.25, 0.3) is 0 Å². The SMILES string of the molecule is Cc1cccc(C)c1NC(=O)C(Sc1ccc(NC(=O)c2ccco2)cc1)c1ccccc1. The molecule has 1 atom stereocenters. The summed E-state index contributed by atoms with van der Waals surface area (Å²) in [5, 5.41) is 5.49. The molecule has 0 aliphatic heterocycles. The summed E-state index contributed by atoms with van der Waals surface area (Å²) >= 11 is 1.46. The van der Waals surface area contributed by atoms with E-state index in [1.54, 1.807) is 12.1 Å². The first kappa shape index (κ1) is 22.4. The maximum absolute atomic E-state index is 13.4. The molecule has 0 bridgehead atoms. The van der Waals surface area contributed by atoms with E-state index in [-0.39, 0.29) is 17.6 Å². The molecule has 0 spiro atoms. The van der Waals surface area contributed by atoms with Crippen molar-refractivity contribution < 1.29 is 14.0 Å². The topological polar surface area (TPSA) is 71.3 Å². The molecule has 1 aromatic heterocycles. The largest absolute Gasteiger partial charge is 0.459 e. The van der Waals surface area contributed by atoms with Gasteiger partial charge in [-0.15, -0.1) is 11.8 Å². The molecule has 6 heteroatoms. The second-order valence-corrected chi connectivity index (χ2v) is 8.80. The Labute approximate surface area is 197 Å². The van der Waals surface area contributed by atoms with Gasteiger partial charge in [0.2, 0.25) is 5.91 Å². The molecular formula is C27H24N2O3S. The molecule has 2 amide bonds. The third kappa shape index (κ3) is 5.54. The average molecular weight is 457 g/mol. The summed E-state index contributed by atoms with van der Waals surface area (Å²) in [6, 6.07) is 26.4. The van der Waals surface area contributed by atoms with Crippen LogP contribution in [0.5, 0.6) is 0 Å². The minimum absolute atomic E-state index is 0.0844. The van der Waals surface area contributed by atoms with Gasteiger partial charge in [-0.2, -0.15) is 0 Å². The Kier molecular flexibility index (Phi) is 6.95. The van der Waals surface area contributed by atoms with Gasteiger partial charge >= 0.3 is 0 Å². The van der Waals surface area contributed by atoms with Crippen LogP contribution in [0.3, 0.4) is 0 Å². The molecule has 0 aliphatic rings. The van der Waals surface area contributed by atoms with Crippen molar-refractivity contribution in [1.29, 1.82) is 0 Å². The number of thioether (sulfide) groups is 1. The third-order valence-electron chi connectivity index (χ3n) is 5.18. The smallest absolute Gasteiger partial charge is 0.291 e. The summed E-state index contributed by atoms with van der Waals surface area (Å²) in [5.41, 5.74) is 4.46. The second kappa shape index (κ2) is 10.2. The first-order valence-corrected chi connectivity index (χ1v) is 11.4. The van der Waals surface area contributed by atoms with E-state index in [0.717, 1.165) is 27.3 Å². The maximum atomic E-state index is 13.4. The van der Waals surface area contributed by atoms with Gasteiger partial charge in [0.1, 0.15) is 5.25 Å². The number of rotatable bonds is 7. The first-order chi connectivity index (χ1) is 16.0. The van der Waals surface area contributed by atoms with E-state index in [1.807, 2.05) is 86.6 Å². The van der Waals surface area contributed by atoms with Crippen molar-refractivity contribution in [2.24, 2.45) is 0 Å². The second-order valence-electron chi connectivity index (χ2n) is 7.62. The highest BCUT2D eigenvalue weighted by atomic mass is 32.2. The van der Waals surface area contributed by atoms with E-state index in [1.165, 1.54) is 18.0 Å². The quantitative estimate of drug-likeness (QED) is 0.307. The van der Waals surface area contributed by atoms with Crippen LogP contribution >= 0.6 is 11.8 Å². The van der Waals surface area contributed by atoms with E-state index < -0.39 is 5.25 Å². The number of amides is 2. The Morgan fingerprint density at radius 2 is 1.48 bits per heavy atom. The highest BCUT2D eigenvalue weighted by Crippen LogP contribution is 2.37. The summed E-state index contributed by atoms with van der Waals surface area (Å²) < 4.78 is 5.12. The standard InChI is InChI=1S/C27H24N2O3S/c1-18-8-6-9-19(2)24(18)29-27(31)25(20-10-4-3-5-11-20)33-22-15-13-21(14-16-22)28-26(30)23-12-7-17-32-23/h3-17,25H,1-2H3,(H,28,30)(H,29,31). The number of hydrogen-bond donors (Lipinski definition) is 2. The Balaban J connectivity index is 1.52. The Morgan fingerprint density at radius 1 is 0.788 bits per heavy atom. The third-order valence-corrected chi connectivity index (χ3v) is 6.45. The van der Waals surface area contributed by atoms with Crippen LogP contribution in [0.1, 0.15) is 32.5 Å². The lowest BCUT2D eigenvalue weighted by atomic mass is 10.1. The van der Waals surface area contributed by atoms with Gasteiger partial charge < -0.3 is 15.1 Å². The number of nitrogens with one attached hydrogen (secondary N) is 2. The molecule has 0 saturated heterocycles. The van der Waals surface area contributed by atoms with Crippen LogP contribution < -0.4 is 10.6 Å². The van der Waals surface area contributed by atoms with Crippen molar-refractivity contribution in [2.75, 3.05) is 10.6 Å². The molecule has 0 saturated carbocycles. The zero-order chi connectivity index (χ0) is 23.2. The fourth-order valence-corrected chi connectivity index (χ4v) is 4.48. The van der Waals surface area contributed by atoms with Crippen LogP contribution in [-0.4, -0.2) is 11.8 Å². The normalized spacial score (nSPS) is 11.6. The average Bonchev–Trinajstić information content (AvgIpc) is 3.37. The predicted molar refractivity (Wildman–Crippen MR) is 133 cm³/mol. The summed E-state index contributed by atoms with van der Waals surface area (Å²) in [4.78, 5) is 26.5. The number of furan rings is 1. The zero-order valence-corrected chi connectivity index (χ0v) is 19.2. The monoisotopic (exact) mass is 456 g/mol. The van der Waals surface area contributed by atoms with Gasteiger partial charge in [0.15, 0.2) is 5.76 Å². The van der Waals surface area contributed by atoms with Gasteiger partial charge in [0.25, 0.3) is 5.91 Å². The number of anilines is 2. The molecule has 166 valence electrons. The fourth-order valence-electron chi connectivity index (χ4n) is 3.45. The van der Waals surface area contributed by atoms with E-state index in [0.29, 0.717) is 5.69 Å². The summed E-state index contributed by atoms with van der Waals surface area (Å²) in [6.45, 7) is 3.98. The highest BCUT2D eigenvalue weighted by molar-refractivity contribution is 8.00. The van der Waals surface area contributed by atoms with Gasteiger partial charge in [0, 0.05) is 16.3 Å². The van der Waals surface area contributed by atoms with Gasteiger partial charge in [-0.1, -0.05) is 48.5 Å². The van der Waals surface area contributed by atoms with Crippen LogP contribution in [0, 0.1) is 13.8 Å². The number of carbonyl (C=O) groups excluding carboxylic acids is 2. The van der Waals surface area contributed by atoms with Crippen molar-refractivity contribution in [2.45, 2.75) is 24.0 Å². The lowest BCUT2D eigenvalue weighted by Crippen LogP contribution is -2.20. The summed E-state index contributed by atoms with van der Waals surface area (Å²) in [5.74, 6) is -0.143. The van der Waals surface area contributed by atoms with E-state index >= 15 is 0 Å². The minimum Gasteiger partial charge on any atom is -0.459 e. The lowest BCUT2D eigenvalue weighted by Gasteiger charge is -2.19. The lowest BCUT2D eigenvalue weighted by molar-refractivity contribution is -0.115. The molecule has 0 radical (unpaired) electrons. The summed E-state index contributed by atoms with van der Waals surface area (Å²) in [7, 11) is 0. The van der Waals surface area contributed by atoms with Crippen molar-refractivity contribution in [3.05, 3.63) is 114 Å². The Morgan fingerprint density at radius 3 is 2.12 bits per heavy atom. The fraction of sp³-hybridized carbons (Fsp3) is 0.111. The van der Waals surface area contributed by atoms with Crippen LogP contribution in [-0.2, 0) is 4.79 Å². The van der Waals surface area contributed by atoms with E-state index in [9.17, 15) is 9.59 Å². The van der Waals surface area contributed by atoms with E-state index in [2.05, 4.69) is 10.6 Å². The van der Waals surface area contributed by atoms with E-state index in [4.69, 9.17) is 4.42 Å². The molecule has 3 aromatic carbocycles.